The minimum absolute atomic E-state index is 0. The molecule has 7 heteroatoms. The van der Waals surface area contributed by atoms with E-state index in [1.54, 1.807) is 29.6 Å². The normalized spacial score (nSPS) is 15.6. The lowest BCUT2D eigenvalue weighted by Gasteiger charge is -2.34. The van der Waals surface area contributed by atoms with Crippen LogP contribution in [0.25, 0.3) is 0 Å². The zero-order valence-corrected chi connectivity index (χ0v) is 16.3. The molecule has 0 radical (unpaired) electrons. The van der Waals surface area contributed by atoms with Crippen molar-refractivity contribution in [2.24, 2.45) is 5.41 Å². The third-order valence-electron chi connectivity index (χ3n) is 4.69. The van der Waals surface area contributed by atoms with E-state index in [1.807, 2.05) is 11.4 Å². The van der Waals surface area contributed by atoms with Gasteiger partial charge in [-0.3, -0.25) is 9.59 Å². The number of hydrogen-bond acceptors (Lipinski definition) is 4. The first kappa shape index (κ1) is 20.4. The van der Waals surface area contributed by atoms with Crippen LogP contribution >= 0.6 is 23.7 Å². The molecule has 0 bridgehead atoms. The molecule has 2 heterocycles. The second kappa shape index (κ2) is 9.16. The Labute approximate surface area is 164 Å². The van der Waals surface area contributed by atoms with Gasteiger partial charge in [0.2, 0.25) is 0 Å². The summed E-state index contributed by atoms with van der Waals surface area (Å²) in [5.41, 5.74) is 1.74. The van der Waals surface area contributed by atoms with Gasteiger partial charge in [-0.15, -0.1) is 12.4 Å². The number of halogens is 1. The third-order valence-corrected chi connectivity index (χ3v) is 5.37. The molecule has 1 aliphatic rings. The number of hydrogen-bond donors (Lipinski definition) is 3. The lowest BCUT2D eigenvalue weighted by molar-refractivity contribution is 0.0923. The van der Waals surface area contributed by atoms with Crippen LogP contribution in [0.4, 0.5) is 5.69 Å². The fourth-order valence-corrected chi connectivity index (χ4v) is 3.61. The van der Waals surface area contributed by atoms with E-state index in [9.17, 15) is 9.59 Å². The smallest absolute Gasteiger partial charge is 0.256 e. The molecule has 140 valence electrons. The van der Waals surface area contributed by atoms with E-state index in [-0.39, 0.29) is 29.6 Å². The molecular formula is C19H24ClN3O2S. The standard InChI is InChI=1S/C19H23N3O2S.ClH/c1-19(7-9-20-10-8-19)13-21-18(24)15-4-2-3-5-16(15)22-17(23)14-6-11-25-12-14;/h2-6,11-12,20H,7-10,13H2,1H3,(H,21,24)(H,22,23);1H. The maximum atomic E-state index is 12.6. The second-order valence-corrected chi connectivity index (χ2v) is 7.54. The highest BCUT2D eigenvalue weighted by Gasteiger charge is 2.27. The Hall–Kier alpha value is -1.89. The van der Waals surface area contributed by atoms with Crippen molar-refractivity contribution in [2.45, 2.75) is 19.8 Å². The van der Waals surface area contributed by atoms with Crippen LogP contribution in [0.5, 0.6) is 0 Å². The highest BCUT2D eigenvalue weighted by molar-refractivity contribution is 7.08. The molecular weight excluding hydrogens is 370 g/mol. The van der Waals surface area contributed by atoms with Crippen LogP contribution in [-0.4, -0.2) is 31.4 Å². The summed E-state index contributed by atoms with van der Waals surface area (Å²) in [6, 6.07) is 8.88. The van der Waals surface area contributed by atoms with E-state index >= 15 is 0 Å². The minimum atomic E-state index is -0.202. The molecule has 0 aliphatic carbocycles. The Balaban J connectivity index is 0.00000243. The molecule has 26 heavy (non-hydrogen) atoms. The topological polar surface area (TPSA) is 70.2 Å². The van der Waals surface area contributed by atoms with Gasteiger partial charge in [-0.1, -0.05) is 19.1 Å². The van der Waals surface area contributed by atoms with Gasteiger partial charge in [-0.05, 0) is 54.9 Å². The van der Waals surface area contributed by atoms with Gasteiger partial charge in [-0.25, -0.2) is 0 Å². The zero-order chi connectivity index (χ0) is 17.7. The van der Waals surface area contributed by atoms with Crippen molar-refractivity contribution in [2.75, 3.05) is 25.0 Å². The summed E-state index contributed by atoms with van der Waals surface area (Å²) < 4.78 is 0. The quantitative estimate of drug-likeness (QED) is 0.727. The van der Waals surface area contributed by atoms with Crippen molar-refractivity contribution in [1.82, 2.24) is 10.6 Å². The number of carbonyl (C=O) groups is 2. The summed E-state index contributed by atoms with van der Waals surface area (Å²) >= 11 is 1.47. The van der Waals surface area contributed by atoms with E-state index in [4.69, 9.17) is 0 Å². The van der Waals surface area contributed by atoms with Crippen LogP contribution in [0.2, 0.25) is 0 Å². The Morgan fingerprint density at radius 1 is 1.15 bits per heavy atom. The van der Waals surface area contributed by atoms with Crippen molar-refractivity contribution in [1.29, 1.82) is 0 Å². The number of benzene rings is 1. The molecule has 3 rings (SSSR count). The number of anilines is 1. The SMILES string of the molecule is CC1(CNC(=O)c2ccccc2NC(=O)c2ccsc2)CCNCC1.Cl. The predicted molar refractivity (Wildman–Crippen MR) is 109 cm³/mol. The fraction of sp³-hybridized carbons (Fsp3) is 0.368. The van der Waals surface area contributed by atoms with Gasteiger partial charge in [0, 0.05) is 11.9 Å². The van der Waals surface area contributed by atoms with Crippen LogP contribution < -0.4 is 16.0 Å². The third kappa shape index (κ3) is 5.06. The first-order chi connectivity index (χ1) is 12.1. The average molecular weight is 394 g/mol. The summed E-state index contributed by atoms with van der Waals surface area (Å²) in [6.07, 6.45) is 2.09. The first-order valence-corrected chi connectivity index (χ1v) is 9.43. The molecule has 1 aromatic heterocycles. The van der Waals surface area contributed by atoms with Gasteiger partial charge in [0.15, 0.2) is 0 Å². The van der Waals surface area contributed by atoms with E-state index in [1.165, 1.54) is 11.3 Å². The number of para-hydroxylation sites is 1. The van der Waals surface area contributed by atoms with E-state index in [0.29, 0.717) is 23.4 Å². The number of nitrogens with one attached hydrogen (secondary N) is 3. The van der Waals surface area contributed by atoms with Gasteiger partial charge in [0.1, 0.15) is 0 Å². The molecule has 0 spiro atoms. The molecule has 2 aromatic rings. The van der Waals surface area contributed by atoms with Crippen molar-refractivity contribution < 1.29 is 9.59 Å². The van der Waals surface area contributed by atoms with E-state index in [0.717, 1.165) is 25.9 Å². The molecule has 2 amide bonds. The number of amides is 2. The molecule has 1 aromatic carbocycles. The van der Waals surface area contributed by atoms with Gasteiger partial charge >= 0.3 is 0 Å². The lowest BCUT2D eigenvalue weighted by Crippen LogP contribution is -2.43. The molecule has 0 unspecified atom stereocenters. The van der Waals surface area contributed by atoms with Crippen molar-refractivity contribution in [3.63, 3.8) is 0 Å². The molecule has 3 N–H and O–H groups in total. The van der Waals surface area contributed by atoms with E-state index < -0.39 is 0 Å². The summed E-state index contributed by atoms with van der Waals surface area (Å²) in [6.45, 7) is 4.82. The van der Waals surface area contributed by atoms with Gasteiger partial charge in [0.25, 0.3) is 11.8 Å². The molecule has 0 saturated carbocycles. The number of carbonyl (C=O) groups excluding carboxylic acids is 2. The van der Waals surface area contributed by atoms with Crippen LogP contribution in [0.15, 0.2) is 41.1 Å². The monoisotopic (exact) mass is 393 g/mol. The van der Waals surface area contributed by atoms with Crippen molar-refractivity contribution >= 4 is 41.2 Å². The molecule has 1 saturated heterocycles. The average Bonchev–Trinajstić information content (AvgIpc) is 3.16. The maximum Gasteiger partial charge on any atom is 0.256 e. The Morgan fingerprint density at radius 2 is 1.88 bits per heavy atom. The molecule has 1 aliphatic heterocycles. The van der Waals surface area contributed by atoms with Gasteiger partial charge < -0.3 is 16.0 Å². The highest BCUT2D eigenvalue weighted by Crippen LogP contribution is 2.27. The molecule has 1 fully saturated rings. The van der Waals surface area contributed by atoms with Gasteiger partial charge in [-0.2, -0.15) is 11.3 Å². The Kier molecular flexibility index (Phi) is 7.20. The Bertz CT molecular complexity index is 743. The molecule has 0 atom stereocenters. The number of rotatable bonds is 5. The largest absolute Gasteiger partial charge is 0.351 e. The van der Waals surface area contributed by atoms with E-state index in [2.05, 4.69) is 22.9 Å². The lowest BCUT2D eigenvalue weighted by atomic mass is 9.81. The first-order valence-electron chi connectivity index (χ1n) is 8.49. The number of thiophene rings is 1. The minimum Gasteiger partial charge on any atom is -0.351 e. The molecule has 5 nitrogen and oxygen atoms in total. The maximum absolute atomic E-state index is 12.6. The summed E-state index contributed by atoms with van der Waals surface area (Å²) in [7, 11) is 0. The number of piperidine rings is 1. The summed E-state index contributed by atoms with van der Waals surface area (Å²) in [5, 5.41) is 12.9. The summed E-state index contributed by atoms with van der Waals surface area (Å²) in [4.78, 5) is 24.9. The van der Waals surface area contributed by atoms with Crippen molar-refractivity contribution in [3.05, 3.63) is 52.2 Å². The fourth-order valence-electron chi connectivity index (χ4n) is 2.97. The summed E-state index contributed by atoms with van der Waals surface area (Å²) in [5.74, 6) is -0.354. The predicted octanol–water partition coefficient (Wildman–Crippen LogP) is 3.54. The van der Waals surface area contributed by atoms with Gasteiger partial charge in [0.05, 0.1) is 16.8 Å². The van der Waals surface area contributed by atoms with Crippen LogP contribution in [-0.2, 0) is 0 Å². The Morgan fingerprint density at radius 3 is 2.58 bits per heavy atom. The van der Waals surface area contributed by atoms with Crippen LogP contribution in [0.3, 0.4) is 0 Å². The van der Waals surface area contributed by atoms with Crippen LogP contribution in [0.1, 0.15) is 40.5 Å². The highest BCUT2D eigenvalue weighted by atomic mass is 35.5. The van der Waals surface area contributed by atoms with Crippen LogP contribution in [0, 0.1) is 5.41 Å². The second-order valence-electron chi connectivity index (χ2n) is 6.76. The van der Waals surface area contributed by atoms with Crippen molar-refractivity contribution in [3.8, 4) is 0 Å². The zero-order valence-electron chi connectivity index (χ0n) is 14.7.